The average Bonchev–Trinajstić information content (AvgIpc) is 2.29. The molecule has 1 aromatic rings. The van der Waals surface area contributed by atoms with Crippen LogP contribution in [0.25, 0.3) is 0 Å². The van der Waals surface area contributed by atoms with E-state index in [4.69, 9.17) is 5.73 Å². The Morgan fingerprint density at radius 1 is 1.35 bits per heavy atom. The maximum Gasteiger partial charge on any atom is 0.350 e. The molecule has 1 rings (SSSR count). The van der Waals surface area contributed by atoms with Crippen LogP contribution >= 0.6 is 0 Å². The predicted octanol–water partition coefficient (Wildman–Crippen LogP) is 1.13. The monoisotopic (exact) mass is 264 g/mol. The number of nitrogens with two attached hydrogens (primary N) is 1. The van der Waals surface area contributed by atoms with E-state index in [1.165, 1.54) is 0 Å². The van der Waals surface area contributed by atoms with Crippen LogP contribution in [0.1, 0.15) is 11.1 Å². The fourth-order valence-corrected chi connectivity index (χ4v) is 1.94. The van der Waals surface area contributed by atoms with E-state index in [-0.39, 0.29) is 6.54 Å². The summed E-state index contributed by atoms with van der Waals surface area (Å²) in [5, 5.41) is 0. The van der Waals surface area contributed by atoms with E-state index in [0.29, 0.717) is 16.4 Å². The fraction of sp³-hybridized carbons (Fsp3) is 0.400. The van der Waals surface area contributed by atoms with Gasteiger partial charge in [0.1, 0.15) is 0 Å². The highest BCUT2D eigenvalue weighted by atomic mass is 32.2. The smallest absolute Gasteiger partial charge is 0.326 e. The molecule has 0 amide bonds. The minimum Gasteiger partial charge on any atom is -0.326 e. The summed E-state index contributed by atoms with van der Waals surface area (Å²) in [5.41, 5.74) is 6.88. The van der Waals surface area contributed by atoms with E-state index in [1.807, 2.05) is 0 Å². The van der Waals surface area contributed by atoms with Crippen molar-refractivity contribution in [2.45, 2.75) is 18.8 Å². The maximum absolute atomic E-state index is 12.3. The second-order valence-electron chi connectivity index (χ2n) is 3.59. The first kappa shape index (κ1) is 14.0. The van der Waals surface area contributed by atoms with Crippen LogP contribution < -0.4 is 5.73 Å². The number of rotatable bonds is 5. The lowest BCUT2D eigenvalue weighted by atomic mass is 10.1. The van der Waals surface area contributed by atoms with Gasteiger partial charge in [-0.15, -0.1) is 0 Å². The Balaban J connectivity index is 2.84. The van der Waals surface area contributed by atoms with Crippen molar-refractivity contribution in [2.24, 2.45) is 5.73 Å². The first-order chi connectivity index (χ1) is 7.87. The molecule has 0 aliphatic rings. The number of hydrogen-bond donors (Lipinski definition) is 1. The molecule has 0 saturated carbocycles. The van der Waals surface area contributed by atoms with Gasteiger partial charge in [0.15, 0.2) is 0 Å². The third kappa shape index (κ3) is 3.45. The molecule has 0 unspecified atom stereocenters. The van der Waals surface area contributed by atoms with Gasteiger partial charge in [-0.25, -0.2) is 8.42 Å². The lowest BCUT2D eigenvalue weighted by molar-refractivity contribution is 0.222. The first-order valence-corrected chi connectivity index (χ1v) is 6.39. The summed E-state index contributed by atoms with van der Waals surface area (Å²) in [6, 6.07) is 6.85. The summed E-state index contributed by atoms with van der Waals surface area (Å²) in [6.07, 6.45) is 0. The lowest BCUT2D eigenvalue weighted by Crippen LogP contribution is -2.31. The van der Waals surface area contributed by atoms with Crippen LogP contribution in [0.4, 0.5) is 8.78 Å². The summed E-state index contributed by atoms with van der Waals surface area (Å²) in [5.74, 6) is -3.40. The molecule has 4 nitrogen and oxygen atoms in total. The summed E-state index contributed by atoms with van der Waals surface area (Å²) in [4.78, 5) is 0. The average molecular weight is 264 g/mol. The molecule has 0 bridgehead atoms. The molecule has 7 heteroatoms. The minimum atomic E-state index is -4.53. The van der Waals surface area contributed by atoms with Gasteiger partial charge in [-0.3, -0.25) is 0 Å². The molecule has 0 radical (unpaired) electrons. The number of benzene rings is 1. The van der Waals surface area contributed by atoms with Crippen molar-refractivity contribution in [2.75, 3.05) is 7.05 Å². The third-order valence-electron chi connectivity index (χ3n) is 2.29. The highest BCUT2D eigenvalue weighted by Gasteiger charge is 2.29. The van der Waals surface area contributed by atoms with Crippen LogP contribution in [-0.2, 0) is 23.1 Å². The summed E-state index contributed by atoms with van der Waals surface area (Å²) in [6.45, 7) is 0.222. The Kier molecular flexibility index (Phi) is 4.55. The molecule has 0 atom stereocenters. The van der Waals surface area contributed by atoms with Gasteiger partial charge < -0.3 is 5.73 Å². The zero-order chi connectivity index (χ0) is 13.1. The number of sulfonamides is 1. The molecule has 0 aliphatic heterocycles. The Labute approximate surface area is 99.1 Å². The SMILES string of the molecule is CN(Cc1cccc(CN)c1)S(=O)(=O)C(F)F. The molecule has 17 heavy (non-hydrogen) atoms. The number of nitrogens with zero attached hydrogens (tertiary/aromatic N) is 1. The molecule has 0 saturated heterocycles. The van der Waals surface area contributed by atoms with Crippen molar-refractivity contribution in [3.05, 3.63) is 35.4 Å². The standard InChI is InChI=1S/C10H14F2N2O2S/c1-14(17(15,16)10(11)12)7-9-4-2-3-8(5-9)6-13/h2-5,10H,6-7,13H2,1H3. The van der Waals surface area contributed by atoms with E-state index >= 15 is 0 Å². The molecule has 0 fully saturated rings. The molecular formula is C10H14F2N2O2S. The molecule has 2 N–H and O–H groups in total. The zero-order valence-corrected chi connectivity index (χ0v) is 10.1. The second kappa shape index (κ2) is 5.52. The third-order valence-corrected chi connectivity index (χ3v) is 3.74. The van der Waals surface area contributed by atoms with Crippen LogP contribution in [0.5, 0.6) is 0 Å². The van der Waals surface area contributed by atoms with Crippen LogP contribution in [-0.4, -0.2) is 25.5 Å². The Hall–Kier alpha value is -1.05. The normalized spacial score (nSPS) is 12.4. The lowest BCUT2D eigenvalue weighted by Gasteiger charge is -2.16. The molecular weight excluding hydrogens is 250 g/mol. The highest BCUT2D eigenvalue weighted by molar-refractivity contribution is 7.89. The van der Waals surface area contributed by atoms with Gasteiger partial charge in [0.2, 0.25) is 0 Å². The summed E-state index contributed by atoms with van der Waals surface area (Å²) in [7, 11) is -3.40. The second-order valence-corrected chi connectivity index (χ2v) is 5.60. The van der Waals surface area contributed by atoms with Crippen molar-refractivity contribution < 1.29 is 17.2 Å². The maximum atomic E-state index is 12.3. The van der Waals surface area contributed by atoms with Crippen LogP contribution in [0.2, 0.25) is 0 Å². The van der Waals surface area contributed by atoms with Gasteiger partial charge in [-0.1, -0.05) is 24.3 Å². The van der Waals surface area contributed by atoms with Crippen LogP contribution in [0, 0.1) is 0 Å². The summed E-state index contributed by atoms with van der Waals surface area (Å²) < 4.78 is 47.4. The van der Waals surface area contributed by atoms with Crippen molar-refractivity contribution >= 4 is 10.0 Å². The van der Waals surface area contributed by atoms with Gasteiger partial charge in [-0.05, 0) is 11.1 Å². The molecule has 0 heterocycles. The number of halogens is 2. The topological polar surface area (TPSA) is 63.4 Å². The van der Waals surface area contributed by atoms with Crippen LogP contribution in [0.3, 0.4) is 0 Å². The zero-order valence-electron chi connectivity index (χ0n) is 9.31. The molecule has 96 valence electrons. The van der Waals surface area contributed by atoms with Crippen molar-refractivity contribution in [3.8, 4) is 0 Å². The van der Waals surface area contributed by atoms with Crippen molar-refractivity contribution in [1.29, 1.82) is 0 Å². The summed E-state index contributed by atoms with van der Waals surface area (Å²) >= 11 is 0. The van der Waals surface area contributed by atoms with E-state index in [0.717, 1.165) is 12.6 Å². The van der Waals surface area contributed by atoms with E-state index in [1.54, 1.807) is 24.3 Å². The quantitative estimate of drug-likeness (QED) is 0.867. The fourth-order valence-electron chi connectivity index (χ4n) is 1.34. The van der Waals surface area contributed by atoms with E-state index < -0.39 is 15.8 Å². The predicted molar refractivity (Wildman–Crippen MR) is 60.7 cm³/mol. The first-order valence-electron chi connectivity index (χ1n) is 4.89. The van der Waals surface area contributed by atoms with Gasteiger partial charge in [-0.2, -0.15) is 13.1 Å². The van der Waals surface area contributed by atoms with Gasteiger partial charge in [0.05, 0.1) is 0 Å². The van der Waals surface area contributed by atoms with E-state index in [2.05, 4.69) is 0 Å². The van der Waals surface area contributed by atoms with Gasteiger partial charge in [0, 0.05) is 20.1 Å². The molecule has 0 spiro atoms. The largest absolute Gasteiger partial charge is 0.350 e. The van der Waals surface area contributed by atoms with Gasteiger partial charge in [0.25, 0.3) is 10.0 Å². The van der Waals surface area contributed by atoms with Crippen LogP contribution in [0.15, 0.2) is 24.3 Å². The highest BCUT2D eigenvalue weighted by Crippen LogP contribution is 2.14. The Morgan fingerprint density at radius 3 is 2.47 bits per heavy atom. The molecule has 1 aromatic carbocycles. The Bertz CT molecular complexity index is 477. The molecule has 0 aromatic heterocycles. The number of hydrogen-bond acceptors (Lipinski definition) is 3. The minimum absolute atomic E-state index is 0.0967. The molecule has 0 aliphatic carbocycles. The number of alkyl halides is 2. The van der Waals surface area contributed by atoms with Gasteiger partial charge >= 0.3 is 5.76 Å². The van der Waals surface area contributed by atoms with Crippen molar-refractivity contribution in [1.82, 2.24) is 4.31 Å². The van der Waals surface area contributed by atoms with Crippen molar-refractivity contribution in [3.63, 3.8) is 0 Å². The van der Waals surface area contributed by atoms with E-state index in [9.17, 15) is 17.2 Å². The Morgan fingerprint density at radius 2 is 1.94 bits per heavy atom.